The summed E-state index contributed by atoms with van der Waals surface area (Å²) in [7, 11) is 0. The lowest BCUT2D eigenvalue weighted by Crippen LogP contribution is -2.47. The molecule has 2 aromatic rings. The first-order chi connectivity index (χ1) is 12.7. The minimum Gasteiger partial charge on any atom is -0.292 e. The van der Waals surface area contributed by atoms with Gasteiger partial charge in [-0.05, 0) is 23.9 Å². The number of fused-ring (bicyclic) bond motifs is 1. The van der Waals surface area contributed by atoms with Gasteiger partial charge in [0.2, 0.25) is 5.91 Å². The SMILES string of the molecule is C[C@H](c1ccccc1)N1CSC2=C(C#N)[C@@H](c3cccs3)CC(=O)N2C1. The molecule has 0 aliphatic carbocycles. The van der Waals surface area contributed by atoms with Crippen LogP contribution in [-0.2, 0) is 4.79 Å². The molecule has 4 nitrogen and oxygen atoms in total. The lowest BCUT2D eigenvalue weighted by Gasteiger charge is -2.43. The highest BCUT2D eigenvalue weighted by molar-refractivity contribution is 8.03. The van der Waals surface area contributed by atoms with Gasteiger partial charge in [0.1, 0.15) is 0 Å². The van der Waals surface area contributed by atoms with Gasteiger partial charge in [0.25, 0.3) is 0 Å². The molecule has 2 atom stereocenters. The lowest BCUT2D eigenvalue weighted by molar-refractivity contribution is -0.132. The van der Waals surface area contributed by atoms with Crippen LogP contribution in [0.5, 0.6) is 0 Å². The van der Waals surface area contributed by atoms with Crippen molar-refractivity contribution in [2.45, 2.75) is 25.3 Å². The Morgan fingerprint density at radius 1 is 1.23 bits per heavy atom. The Morgan fingerprint density at radius 2 is 2.04 bits per heavy atom. The third kappa shape index (κ3) is 3.07. The second-order valence-electron chi connectivity index (χ2n) is 6.51. The number of nitrogens with zero attached hydrogens (tertiary/aromatic N) is 3. The largest absolute Gasteiger partial charge is 0.292 e. The van der Waals surface area contributed by atoms with E-state index in [1.54, 1.807) is 28.0 Å². The maximum absolute atomic E-state index is 12.8. The van der Waals surface area contributed by atoms with Crippen LogP contribution in [0.2, 0.25) is 0 Å². The van der Waals surface area contributed by atoms with Gasteiger partial charge in [0, 0.05) is 23.3 Å². The van der Waals surface area contributed by atoms with Gasteiger partial charge in [-0.1, -0.05) is 48.2 Å². The van der Waals surface area contributed by atoms with Crippen molar-refractivity contribution >= 4 is 29.0 Å². The smallest absolute Gasteiger partial charge is 0.229 e. The van der Waals surface area contributed by atoms with Crippen LogP contribution in [0.3, 0.4) is 0 Å². The molecule has 1 saturated heterocycles. The fourth-order valence-corrected chi connectivity index (χ4v) is 5.58. The fraction of sp³-hybridized carbons (Fsp3) is 0.300. The van der Waals surface area contributed by atoms with E-state index in [1.807, 2.05) is 35.7 Å². The topological polar surface area (TPSA) is 47.3 Å². The van der Waals surface area contributed by atoms with Crippen LogP contribution in [0.4, 0.5) is 0 Å². The van der Waals surface area contributed by atoms with Crippen molar-refractivity contribution < 1.29 is 4.79 Å². The highest BCUT2D eigenvalue weighted by Gasteiger charge is 2.39. The molecule has 0 unspecified atom stereocenters. The van der Waals surface area contributed by atoms with E-state index in [0.29, 0.717) is 13.1 Å². The summed E-state index contributed by atoms with van der Waals surface area (Å²) < 4.78 is 0. The summed E-state index contributed by atoms with van der Waals surface area (Å²) in [6.45, 7) is 2.71. The number of thiophene rings is 1. The van der Waals surface area contributed by atoms with Crippen molar-refractivity contribution in [1.82, 2.24) is 9.80 Å². The Labute approximate surface area is 161 Å². The van der Waals surface area contributed by atoms with E-state index in [9.17, 15) is 10.1 Å². The standard InChI is InChI=1S/C20H19N3OS2/c1-14(15-6-3-2-4-7-15)22-12-23-19(24)10-16(18-8-5-9-25-18)17(11-21)20(23)26-13-22/h2-9,14,16H,10,12-13H2,1H3/t14-,16+/m1/s1. The van der Waals surface area contributed by atoms with Crippen LogP contribution in [-0.4, -0.2) is 28.3 Å². The predicted octanol–water partition coefficient (Wildman–Crippen LogP) is 4.52. The van der Waals surface area contributed by atoms with E-state index in [2.05, 4.69) is 30.0 Å². The second kappa shape index (κ2) is 7.28. The molecule has 0 radical (unpaired) electrons. The summed E-state index contributed by atoms with van der Waals surface area (Å²) in [5, 5.41) is 12.6. The van der Waals surface area contributed by atoms with E-state index in [1.165, 1.54) is 5.56 Å². The van der Waals surface area contributed by atoms with E-state index >= 15 is 0 Å². The zero-order valence-corrected chi connectivity index (χ0v) is 16.1. The molecule has 0 spiro atoms. The van der Waals surface area contributed by atoms with Crippen molar-refractivity contribution in [2.75, 3.05) is 12.5 Å². The first-order valence-corrected chi connectivity index (χ1v) is 10.5. The van der Waals surface area contributed by atoms with Crippen molar-refractivity contribution in [1.29, 1.82) is 5.26 Å². The van der Waals surface area contributed by atoms with Crippen LogP contribution in [0.25, 0.3) is 0 Å². The summed E-state index contributed by atoms with van der Waals surface area (Å²) in [6, 6.07) is 16.9. The lowest BCUT2D eigenvalue weighted by atomic mass is 9.92. The molecule has 6 heteroatoms. The zero-order valence-electron chi connectivity index (χ0n) is 14.5. The maximum Gasteiger partial charge on any atom is 0.229 e. The average molecular weight is 382 g/mol. The molecule has 0 bridgehead atoms. The zero-order chi connectivity index (χ0) is 18.1. The number of hydrogen-bond donors (Lipinski definition) is 0. The number of allylic oxidation sites excluding steroid dienone is 1. The maximum atomic E-state index is 12.8. The summed E-state index contributed by atoms with van der Waals surface area (Å²) in [4.78, 5) is 18.0. The minimum atomic E-state index is -0.0932. The van der Waals surface area contributed by atoms with E-state index in [0.717, 1.165) is 21.4 Å². The second-order valence-corrected chi connectivity index (χ2v) is 8.43. The number of rotatable bonds is 3. The fourth-order valence-electron chi connectivity index (χ4n) is 3.49. The quantitative estimate of drug-likeness (QED) is 0.784. The monoisotopic (exact) mass is 381 g/mol. The van der Waals surface area contributed by atoms with Crippen molar-refractivity contribution in [3.8, 4) is 6.07 Å². The molecule has 3 heterocycles. The number of amides is 1. The number of hydrogen-bond acceptors (Lipinski definition) is 5. The Hall–Kier alpha value is -2.07. The Balaban J connectivity index is 1.61. The van der Waals surface area contributed by atoms with E-state index in [-0.39, 0.29) is 17.9 Å². The van der Waals surface area contributed by atoms with Gasteiger partial charge in [-0.25, -0.2) is 0 Å². The number of carbonyl (C=O) groups excluding carboxylic acids is 1. The molecule has 26 heavy (non-hydrogen) atoms. The van der Waals surface area contributed by atoms with E-state index < -0.39 is 0 Å². The van der Waals surface area contributed by atoms with Gasteiger partial charge in [-0.3, -0.25) is 14.6 Å². The highest BCUT2D eigenvalue weighted by Crippen LogP contribution is 2.44. The van der Waals surface area contributed by atoms with Crippen molar-refractivity contribution in [3.63, 3.8) is 0 Å². The van der Waals surface area contributed by atoms with Crippen LogP contribution >= 0.6 is 23.1 Å². The molecular weight excluding hydrogens is 362 g/mol. The number of benzene rings is 1. The van der Waals surface area contributed by atoms with Crippen LogP contribution in [0, 0.1) is 11.3 Å². The van der Waals surface area contributed by atoms with Crippen LogP contribution in [0.1, 0.15) is 35.7 Å². The van der Waals surface area contributed by atoms with Gasteiger partial charge in [0.15, 0.2) is 0 Å². The first-order valence-electron chi connectivity index (χ1n) is 8.59. The molecule has 1 aromatic heterocycles. The molecule has 1 aromatic carbocycles. The molecule has 2 aliphatic heterocycles. The van der Waals surface area contributed by atoms with Crippen molar-refractivity contribution in [3.05, 3.63) is 68.9 Å². The number of nitriles is 1. The Morgan fingerprint density at radius 3 is 2.73 bits per heavy atom. The predicted molar refractivity (Wildman–Crippen MR) is 105 cm³/mol. The van der Waals surface area contributed by atoms with Crippen LogP contribution < -0.4 is 0 Å². The molecule has 132 valence electrons. The molecule has 0 saturated carbocycles. The average Bonchev–Trinajstić information content (AvgIpc) is 3.22. The van der Waals surface area contributed by atoms with Gasteiger partial charge in [-0.15, -0.1) is 11.3 Å². The molecule has 1 amide bonds. The molecule has 0 N–H and O–H groups in total. The normalized spacial score (nSPS) is 22.1. The molecule has 1 fully saturated rings. The highest BCUT2D eigenvalue weighted by atomic mass is 32.2. The molecule has 4 rings (SSSR count). The van der Waals surface area contributed by atoms with Crippen LogP contribution in [0.15, 0.2) is 58.4 Å². The van der Waals surface area contributed by atoms with Crippen molar-refractivity contribution in [2.24, 2.45) is 0 Å². The summed E-state index contributed by atoms with van der Waals surface area (Å²) in [5.41, 5.74) is 1.98. The van der Waals surface area contributed by atoms with Gasteiger partial charge >= 0.3 is 0 Å². The third-order valence-electron chi connectivity index (χ3n) is 5.03. The van der Waals surface area contributed by atoms with Gasteiger partial charge in [-0.2, -0.15) is 5.26 Å². The van der Waals surface area contributed by atoms with Gasteiger partial charge in [0.05, 0.1) is 29.2 Å². The minimum absolute atomic E-state index is 0.0932. The third-order valence-corrected chi connectivity index (χ3v) is 7.19. The number of carbonyl (C=O) groups is 1. The van der Waals surface area contributed by atoms with Gasteiger partial charge < -0.3 is 0 Å². The first kappa shape index (κ1) is 17.3. The summed E-state index contributed by atoms with van der Waals surface area (Å²) in [6.07, 6.45) is 0.376. The molecule has 2 aliphatic rings. The molecular formula is C20H19N3OS2. The summed E-state index contributed by atoms with van der Waals surface area (Å²) in [5.74, 6) is 0.788. The Bertz CT molecular complexity index is 870. The Kier molecular flexibility index (Phi) is 4.86. The summed E-state index contributed by atoms with van der Waals surface area (Å²) >= 11 is 3.23. The van der Waals surface area contributed by atoms with E-state index in [4.69, 9.17) is 0 Å². The number of thioether (sulfide) groups is 1.